The van der Waals surface area contributed by atoms with Crippen molar-refractivity contribution in [2.24, 2.45) is 0 Å². The summed E-state index contributed by atoms with van der Waals surface area (Å²) in [5, 5.41) is 2.80. The maximum absolute atomic E-state index is 12.3. The lowest BCUT2D eigenvalue weighted by Gasteiger charge is -2.40. The molecule has 0 aromatic carbocycles. The SMILES string of the molecule is C[C@@H](NC(=O)[C@H]1CCN1C(=O)OC(C)(C)C)c1nccc(N)n1. The quantitative estimate of drug-likeness (QED) is 0.866. The first-order valence-corrected chi connectivity index (χ1v) is 7.56. The second-order valence-corrected chi connectivity index (χ2v) is 6.55. The van der Waals surface area contributed by atoms with Gasteiger partial charge in [-0.25, -0.2) is 14.8 Å². The maximum Gasteiger partial charge on any atom is 0.410 e. The summed E-state index contributed by atoms with van der Waals surface area (Å²) in [4.78, 5) is 34.0. The van der Waals surface area contributed by atoms with E-state index in [2.05, 4.69) is 15.3 Å². The average Bonchev–Trinajstić information content (AvgIpc) is 2.34. The highest BCUT2D eigenvalue weighted by molar-refractivity contribution is 5.87. The highest BCUT2D eigenvalue weighted by Gasteiger charge is 2.40. The number of nitrogen functional groups attached to an aromatic ring is 1. The van der Waals surface area contributed by atoms with Gasteiger partial charge in [0.05, 0.1) is 6.04 Å². The Balaban J connectivity index is 1.94. The van der Waals surface area contributed by atoms with E-state index in [1.807, 2.05) is 0 Å². The number of hydrogen-bond acceptors (Lipinski definition) is 6. The van der Waals surface area contributed by atoms with Crippen LogP contribution in [0.1, 0.15) is 46.0 Å². The van der Waals surface area contributed by atoms with Crippen molar-refractivity contribution in [2.75, 3.05) is 12.3 Å². The third-order valence-electron chi connectivity index (χ3n) is 3.39. The molecule has 0 aliphatic carbocycles. The Morgan fingerprint density at radius 3 is 2.70 bits per heavy atom. The fourth-order valence-corrected chi connectivity index (χ4v) is 2.17. The van der Waals surface area contributed by atoms with Crippen molar-refractivity contribution in [3.05, 3.63) is 18.1 Å². The van der Waals surface area contributed by atoms with Gasteiger partial charge in [-0.2, -0.15) is 0 Å². The monoisotopic (exact) mass is 321 g/mol. The van der Waals surface area contributed by atoms with Crippen molar-refractivity contribution in [2.45, 2.75) is 51.8 Å². The van der Waals surface area contributed by atoms with Crippen LogP contribution in [-0.2, 0) is 9.53 Å². The fraction of sp³-hybridized carbons (Fsp3) is 0.600. The molecule has 2 atom stereocenters. The molecule has 8 heteroatoms. The Labute approximate surface area is 135 Å². The van der Waals surface area contributed by atoms with Crippen molar-refractivity contribution in [1.82, 2.24) is 20.2 Å². The molecular weight excluding hydrogens is 298 g/mol. The fourth-order valence-electron chi connectivity index (χ4n) is 2.17. The molecule has 1 aromatic rings. The lowest BCUT2D eigenvalue weighted by Crippen LogP contribution is -2.59. The molecule has 1 fully saturated rings. The number of carbonyl (C=O) groups is 2. The summed E-state index contributed by atoms with van der Waals surface area (Å²) in [7, 11) is 0. The van der Waals surface area contributed by atoms with E-state index in [4.69, 9.17) is 10.5 Å². The molecule has 8 nitrogen and oxygen atoms in total. The molecule has 0 radical (unpaired) electrons. The zero-order valence-corrected chi connectivity index (χ0v) is 13.9. The molecular formula is C15H23N5O3. The molecule has 0 saturated carbocycles. The lowest BCUT2D eigenvalue weighted by molar-refractivity contribution is -0.131. The third kappa shape index (κ3) is 4.30. The van der Waals surface area contributed by atoms with Gasteiger partial charge < -0.3 is 15.8 Å². The molecule has 1 aliphatic heterocycles. The van der Waals surface area contributed by atoms with Crippen molar-refractivity contribution in [1.29, 1.82) is 0 Å². The molecule has 2 rings (SSSR count). The van der Waals surface area contributed by atoms with Crippen molar-refractivity contribution >= 4 is 17.8 Å². The van der Waals surface area contributed by atoms with E-state index in [0.717, 1.165) is 0 Å². The van der Waals surface area contributed by atoms with Crippen LogP contribution in [0.25, 0.3) is 0 Å². The number of ether oxygens (including phenoxy) is 1. The largest absolute Gasteiger partial charge is 0.444 e. The predicted octanol–water partition coefficient (Wildman–Crippen LogP) is 1.25. The second-order valence-electron chi connectivity index (χ2n) is 6.55. The molecule has 1 aromatic heterocycles. The summed E-state index contributed by atoms with van der Waals surface area (Å²) >= 11 is 0. The van der Waals surface area contributed by atoms with Crippen LogP contribution in [0.4, 0.5) is 10.6 Å². The molecule has 1 saturated heterocycles. The van der Waals surface area contributed by atoms with E-state index >= 15 is 0 Å². The van der Waals surface area contributed by atoms with Gasteiger partial charge in [0.2, 0.25) is 5.91 Å². The summed E-state index contributed by atoms with van der Waals surface area (Å²) < 4.78 is 5.29. The van der Waals surface area contributed by atoms with Gasteiger partial charge in [0.15, 0.2) is 5.82 Å². The third-order valence-corrected chi connectivity index (χ3v) is 3.39. The second kappa shape index (κ2) is 6.39. The molecule has 0 unspecified atom stereocenters. The number of carbonyl (C=O) groups excluding carboxylic acids is 2. The van der Waals surface area contributed by atoms with E-state index in [1.54, 1.807) is 33.8 Å². The Morgan fingerprint density at radius 1 is 1.48 bits per heavy atom. The van der Waals surface area contributed by atoms with Gasteiger partial charge in [-0.3, -0.25) is 9.69 Å². The van der Waals surface area contributed by atoms with Crippen LogP contribution < -0.4 is 11.1 Å². The smallest absolute Gasteiger partial charge is 0.410 e. The molecule has 1 aliphatic rings. The Kier molecular flexibility index (Phi) is 4.72. The molecule has 126 valence electrons. The first-order chi connectivity index (χ1) is 10.7. The predicted molar refractivity (Wildman–Crippen MR) is 84.3 cm³/mol. The van der Waals surface area contributed by atoms with Gasteiger partial charge in [-0.1, -0.05) is 0 Å². The minimum absolute atomic E-state index is 0.249. The first-order valence-electron chi connectivity index (χ1n) is 7.56. The van der Waals surface area contributed by atoms with Crippen molar-refractivity contribution in [3.63, 3.8) is 0 Å². The zero-order valence-electron chi connectivity index (χ0n) is 13.9. The van der Waals surface area contributed by atoms with E-state index in [1.165, 1.54) is 11.1 Å². The number of nitrogens with one attached hydrogen (secondary N) is 1. The van der Waals surface area contributed by atoms with Crippen LogP contribution in [0.15, 0.2) is 12.3 Å². The van der Waals surface area contributed by atoms with Crippen molar-refractivity contribution in [3.8, 4) is 0 Å². The summed E-state index contributed by atoms with van der Waals surface area (Å²) in [6.45, 7) is 7.65. The van der Waals surface area contributed by atoms with Crippen LogP contribution >= 0.6 is 0 Å². The van der Waals surface area contributed by atoms with Crippen LogP contribution in [-0.4, -0.2) is 45.1 Å². The van der Waals surface area contributed by atoms with E-state index in [-0.39, 0.29) is 5.91 Å². The number of aromatic nitrogens is 2. The number of anilines is 1. The number of nitrogens with two attached hydrogens (primary N) is 1. The van der Waals surface area contributed by atoms with Crippen LogP contribution in [0.3, 0.4) is 0 Å². The van der Waals surface area contributed by atoms with Gasteiger partial charge in [0.1, 0.15) is 17.5 Å². The molecule has 23 heavy (non-hydrogen) atoms. The van der Waals surface area contributed by atoms with Crippen molar-refractivity contribution < 1.29 is 14.3 Å². The summed E-state index contributed by atoms with van der Waals surface area (Å²) in [6.07, 6.45) is 1.67. The van der Waals surface area contributed by atoms with Crippen LogP contribution in [0.5, 0.6) is 0 Å². The van der Waals surface area contributed by atoms with Gasteiger partial charge >= 0.3 is 6.09 Å². The highest BCUT2D eigenvalue weighted by Crippen LogP contribution is 2.22. The Bertz CT molecular complexity index is 599. The van der Waals surface area contributed by atoms with Gasteiger partial charge in [0, 0.05) is 12.7 Å². The minimum atomic E-state index is -0.587. The Morgan fingerprint density at radius 2 is 2.17 bits per heavy atom. The number of likely N-dealkylation sites (tertiary alicyclic amines) is 1. The number of rotatable bonds is 3. The maximum atomic E-state index is 12.3. The molecule has 2 heterocycles. The normalized spacial score (nSPS) is 18.8. The molecule has 3 N–H and O–H groups in total. The molecule has 0 spiro atoms. The van der Waals surface area contributed by atoms with Crippen LogP contribution in [0, 0.1) is 0 Å². The molecule has 2 amide bonds. The Hall–Kier alpha value is -2.38. The number of hydrogen-bond donors (Lipinski definition) is 2. The standard InChI is InChI=1S/C15H23N5O3/c1-9(12-17-7-5-11(16)19-12)18-13(21)10-6-8-20(10)14(22)23-15(2,3)4/h5,7,9-10H,6,8H2,1-4H3,(H,18,21)(H2,16,17,19)/t9-,10-/m1/s1. The topological polar surface area (TPSA) is 110 Å². The minimum Gasteiger partial charge on any atom is -0.444 e. The van der Waals surface area contributed by atoms with E-state index in [9.17, 15) is 9.59 Å². The average molecular weight is 321 g/mol. The highest BCUT2D eigenvalue weighted by atomic mass is 16.6. The van der Waals surface area contributed by atoms with Gasteiger partial charge in [-0.05, 0) is 40.2 Å². The lowest BCUT2D eigenvalue weighted by atomic mass is 10.0. The summed E-state index contributed by atoms with van der Waals surface area (Å²) in [5.74, 6) is 0.525. The number of amides is 2. The van der Waals surface area contributed by atoms with Gasteiger partial charge in [0.25, 0.3) is 0 Å². The summed E-state index contributed by atoms with van der Waals surface area (Å²) in [5.41, 5.74) is 5.02. The zero-order chi connectivity index (χ0) is 17.2. The van der Waals surface area contributed by atoms with Crippen LogP contribution in [0.2, 0.25) is 0 Å². The summed E-state index contributed by atoms with van der Waals surface area (Å²) in [6, 6.07) is 0.661. The number of nitrogens with zero attached hydrogens (tertiary/aromatic N) is 3. The van der Waals surface area contributed by atoms with E-state index < -0.39 is 23.8 Å². The van der Waals surface area contributed by atoms with E-state index in [0.29, 0.717) is 24.6 Å². The molecule has 0 bridgehead atoms. The first kappa shape index (κ1) is 17.0. The van der Waals surface area contributed by atoms with Gasteiger partial charge in [-0.15, -0.1) is 0 Å².